The Morgan fingerprint density at radius 3 is 2.37 bits per heavy atom. The van der Waals surface area contributed by atoms with Gasteiger partial charge in [-0.05, 0) is 42.8 Å². The van der Waals surface area contributed by atoms with Gasteiger partial charge in [0, 0.05) is 17.2 Å². The summed E-state index contributed by atoms with van der Waals surface area (Å²) in [6.07, 6.45) is 0. The predicted octanol–water partition coefficient (Wildman–Crippen LogP) is 5.16. The highest BCUT2D eigenvalue weighted by atomic mass is 35.5. The van der Waals surface area contributed by atoms with Crippen LogP contribution in [0.2, 0.25) is 5.02 Å². The molecule has 0 bridgehead atoms. The topological polar surface area (TPSA) is 108 Å². The van der Waals surface area contributed by atoms with Gasteiger partial charge in [-0.25, -0.2) is 8.42 Å². The van der Waals surface area contributed by atoms with Crippen LogP contribution in [-0.2, 0) is 10.0 Å². The molecule has 0 heterocycles. The molecule has 0 amide bonds. The number of halogens is 1. The standard InChI is InChI=1S/C20H17ClN2O6S/c1-13-7-9-15(23(24)25)12-20(13)30(26,27)22-16-11-14(21)8-10-17(16)29-19-6-4-3-5-18(19)28-2/h3-12,22H,1-2H3. The number of sulfonamides is 1. The van der Waals surface area contributed by atoms with Crippen molar-refractivity contribution in [3.8, 4) is 17.2 Å². The molecule has 10 heteroatoms. The Hall–Kier alpha value is -3.30. The van der Waals surface area contributed by atoms with Gasteiger partial charge in [-0.2, -0.15) is 0 Å². The van der Waals surface area contributed by atoms with Gasteiger partial charge >= 0.3 is 0 Å². The third-order valence-electron chi connectivity index (χ3n) is 4.15. The highest BCUT2D eigenvalue weighted by Gasteiger charge is 2.22. The van der Waals surface area contributed by atoms with Crippen LogP contribution in [0.4, 0.5) is 11.4 Å². The second kappa shape index (κ2) is 8.60. The first-order valence-electron chi connectivity index (χ1n) is 8.59. The van der Waals surface area contributed by atoms with E-state index in [1.165, 1.54) is 31.4 Å². The van der Waals surface area contributed by atoms with Crippen LogP contribution in [0.15, 0.2) is 65.6 Å². The average molecular weight is 449 g/mol. The average Bonchev–Trinajstić information content (AvgIpc) is 2.70. The van der Waals surface area contributed by atoms with Gasteiger partial charge in [0.05, 0.1) is 22.6 Å². The molecule has 0 radical (unpaired) electrons. The van der Waals surface area contributed by atoms with Gasteiger partial charge in [0.1, 0.15) is 0 Å². The Kier molecular flexibility index (Phi) is 6.14. The zero-order valence-electron chi connectivity index (χ0n) is 16.0. The van der Waals surface area contributed by atoms with Crippen molar-refractivity contribution in [2.75, 3.05) is 11.8 Å². The van der Waals surface area contributed by atoms with Gasteiger partial charge in [-0.3, -0.25) is 14.8 Å². The van der Waals surface area contributed by atoms with E-state index in [0.29, 0.717) is 17.1 Å². The van der Waals surface area contributed by atoms with Crippen molar-refractivity contribution >= 4 is 33.0 Å². The number of methoxy groups -OCH3 is 1. The molecule has 0 aliphatic heterocycles. The minimum atomic E-state index is -4.17. The Bertz CT molecular complexity index is 1210. The summed E-state index contributed by atoms with van der Waals surface area (Å²) >= 11 is 6.05. The van der Waals surface area contributed by atoms with Crippen molar-refractivity contribution in [1.29, 1.82) is 0 Å². The van der Waals surface area contributed by atoms with Crippen LogP contribution < -0.4 is 14.2 Å². The second-order valence-corrected chi connectivity index (χ2v) is 8.29. The normalized spacial score (nSPS) is 11.0. The maximum atomic E-state index is 13.0. The van der Waals surface area contributed by atoms with Crippen molar-refractivity contribution in [2.45, 2.75) is 11.8 Å². The Balaban J connectivity index is 2.02. The molecule has 0 aliphatic rings. The molecule has 0 aromatic heterocycles. The summed E-state index contributed by atoms with van der Waals surface area (Å²) in [7, 11) is -2.69. The van der Waals surface area contributed by atoms with E-state index in [0.717, 1.165) is 6.07 Å². The monoisotopic (exact) mass is 448 g/mol. The van der Waals surface area contributed by atoms with E-state index in [9.17, 15) is 18.5 Å². The molecule has 3 aromatic rings. The first kappa shape index (κ1) is 21.4. The van der Waals surface area contributed by atoms with E-state index in [-0.39, 0.29) is 27.0 Å². The summed E-state index contributed by atoms with van der Waals surface area (Å²) in [6.45, 7) is 1.54. The van der Waals surface area contributed by atoms with Crippen LogP contribution in [-0.4, -0.2) is 20.5 Å². The molecule has 0 saturated heterocycles. The number of anilines is 1. The molecule has 0 unspecified atom stereocenters. The summed E-state index contributed by atoms with van der Waals surface area (Å²) in [5.74, 6) is 1.00. The molecule has 0 aliphatic carbocycles. The highest BCUT2D eigenvalue weighted by Crippen LogP contribution is 2.37. The minimum absolute atomic E-state index is 0.0688. The maximum Gasteiger partial charge on any atom is 0.270 e. The number of para-hydroxylation sites is 2. The van der Waals surface area contributed by atoms with Crippen LogP contribution in [0.25, 0.3) is 0 Å². The minimum Gasteiger partial charge on any atom is -0.493 e. The third-order valence-corrected chi connectivity index (χ3v) is 5.89. The summed E-state index contributed by atoms with van der Waals surface area (Å²) in [4.78, 5) is 10.2. The number of non-ortho nitro benzene ring substituents is 1. The number of aryl methyl sites for hydroxylation is 1. The second-order valence-electron chi connectivity index (χ2n) is 6.21. The van der Waals surface area contributed by atoms with Gasteiger partial charge in [-0.15, -0.1) is 0 Å². The fraction of sp³-hybridized carbons (Fsp3) is 0.100. The van der Waals surface area contributed by atoms with E-state index in [4.69, 9.17) is 21.1 Å². The van der Waals surface area contributed by atoms with E-state index < -0.39 is 14.9 Å². The number of rotatable bonds is 7. The van der Waals surface area contributed by atoms with Crippen molar-refractivity contribution < 1.29 is 22.8 Å². The molecule has 3 aromatic carbocycles. The van der Waals surface area contributed by atoms with Gasteiger partial charge in [0.25, 0.3) is 15.7 Å². The smallest absolute Gasteiger partial charge is 0.270 e. The predicted molar refractivity (Wildman–Crippen MR) is 113 cm³/mol. The lowest BCUT2D eigenvalue weighted by Crippen LogP contribution is -2.15. The quantitative estimate of drug-likeness (QED) is 0.395. The number of benzene rings is 3. The number of nitrogens with one attached hydrogen (secondary N) is 1. The molecule has 0 spiro atoms. The van der Waals surface area contributed by atoms with Gasteiger partial charge < -0.3 is 9.47 Å². The van der Waals surface area contributed by atoms with Gasteiger partial charge in [-0.1, -0.05) is 29.8 Å². The Morgan fingerprint density at radius 1 is 1.00 bits per heavy atom. The third kappa shape index (κ3) is 4.64. The van der Waals surface area contributed by atoms with Gasteiger partial charge in [0.2, 0.25) is 0 Å². The molecule has 8 nitrogen and oxygen atoms in total. The zero-order valence-corrected chi connectivity index (χ0v) is 17.5. The van der Waals surface area contributed by atoms with Crippen LogP contribution in [0.3, 0.4) is 0 Å². The summed E-state index contributed by atoms with van der Waals surface area (Å²) < 4.78 is 39.5. The van der Waals surface area contributed by atoms with Crippen LogP contribution in [0.5, 0.6) is 17.2 Å². The first-order chi connectivity index (χ1) is 14.2. The Morgan fingerprint density at radius 2 is 1.70 bits per heavy atom. The summed E-state index contributed by atoms with van der Waals surface area (Å²) in [5, 5.41) is 11.3. The van der Waals surface area contributed by atoms with Crippen molar-refractivity contribution in [1.82, 2.24) is 0 Å². The van der Waals surface area contributed by atoms with Crippen molar-refractivity contribution in [2.24, 2.45) is 0 Å². The molecule has 156 valence electrons. The lowest BCUT2D eigenvalue weighted by atomic mass is 10.2. The zero-order chi connectivity index (χ0) is 21.9. The fourth-order valence-electron chi connectivity index (χ4n) is 2.68. The largest absolute Gasteiger partial charge is 0.493 e. The first-order valence-corrected chi connectivity index (χ1v) is 10.5. The van der Waals surface area contributed by atoms with Crippen LogP contribution >= 0.6 is 11.6 Å². The van der Waals surface area contributed by atoms with Crippen LogP contribution in [0.1, 0.15) is 5.56 Å². The van der Waals surface area contributed by atoms with Crippen molar-refractivity contribution in [3.05, 3.63) is 81.4 Å². The summed E-state index contributed by atoms with van der Waals surface area (Å²) in [6, 6.07) is 14.9. The van der Waals surface area contributed by atoms with E-state index in [2.05, 4.69) is 4.72 Å². The molecule has 0 atom stereocenters. The number of hydrogen-bond acceptors (Lipinski definition) is 6. The molecule has 30 heavy (non-hydrogen) atoms. The maximum absolute atomic E-state index is 13.0. The molecule has 1 N–H and O–H groups in total. The molecule has 3 rings (SSSR count). The molecular weight excluding hydrogens is 432 g/mol. The summed E-state index contributed by atoms with van der Waals surface area (Å²) in [5.41, 5.74) is 0.0826. The van der Waals surface area contributed by atoms with Gasteiger partial charge in [0.15, 0.2) is 17.2 Å². The van der Waals surface area contributed by atoms with Crippen molar-refractivity contribution in [3.63, 3.8) is 0 Å². The fourth-order valence-corrected chi connectivity index (χ4v) is 4.18. The van der Waals surface area contributed by atoms with E-state index in [1.54, 1.807) is 37.3 Å². The number of nitrogens with zero attached hydrogens (tertiary/aromatic N) is 1. The molecular formula is C20H17ClN2O6S. The Labute approximate surface area is 178 Å². The lowest BCUT2D eigenvalue weighted by molar-refractivity contribution is -0.385. The highest BCUT2D eigenvalue weighted by molar-refractivity contribution is 7.92. The molecule has 0 saturated carbocycles. The number of ether oxygens (including phenoxy) is 2. The number of nitro benzene ring substituents is 1. The molecule has 0 fully saturated rings. The van der Waals surface area contributed by atoms with Crippen LogP contribution in [0, 0.1) is 17.0 Å². The van der Waals surface area contributed by atoms with E-state index >= 15 is 0 Å². The number of hydrogen-bond donors (Lipinski definition) is 1. The van der Waals surface area contributed by atoms with E-state index in [1.807, 2.05) is 0 Å². The number of nitro groups is 1. The lowest BCUT2D eigenvalue weighted by Gasteiger charge is -2.16. The SMILES string of the molecule is COc1ccccc1Oc1ccc(Cl)cc1NS(=O)(=O)c1cc([N+](=O)[O-])ccc1C.